The molecule has 0 bridgehead atoms. The Labute approximate surface area is 156 Å². The molecule has 1 aliphatic heterocycles. The van der Waals surface area contributed by atoms with Gasteiger partial charge in [0.25, 0.3) is 0 Å². The van der Waals surface area contributed by atoms with E-state index in [0.29, 0.717) is 5.69 Å². The highest BCUT2D eigenvalue weighted by molar-refractivity contribution is 6.02. The SMILES string of the molecule is O=C(/C=C/c1ccc2cnn(C3CCCCO3)c2c1)Nc1cccc(F)c1. The molecule has 3 aromatic rings. The van der Waals surface area contributed by atoms with Gasteiger partial charge in [0.15, 0.2) is 6.23 Å². The van der Waals surface area contributed by atoms with Gasteiger partial charge in [0.1, 0.15) is 5.82 Å². The molecule has 1 amide bonds. The Kier molecular flexibility index (Phi) is 4.98. The van der Waals surface area contributed by atoms with Crippen LogP contribution in [0.2, 0.25) is 0 Å². The van der Waals surface area contributed by atoms with Gasteiger partial charge in [0.2, 0.25) is 5.91 Å². The van der Waals surface area contributed by atoms with Crippen LogP contribution < -0.4 is 5.32 Å². The standard InChI is InChI=1S/C21H20FN3O2/c22-17-4-3-5-18(13-17)24-20(26)10-8-15-7-9-16-14-23-25(19(16)12-15)21-6-1-2-11-27-21/h3-5,7-10,12-14,21H,1-2,6,11H2,(H,24,26)/b10-8+. The molecule has 4 rings (SSSR count). The van der Waals surface area contributed by atoms with Gasteiger partial charge in [-0.15, -0.1) is 0 Å². The fourth-order valence-electron chi connectivity index (χ4n) is 3.23. The summed E-state index contributed by atoms with van der Waals surface area (Å²) in [6.07, 6.45) is 8.13. The Morgan fingerprint density at radius 3 is 3.00 bits per heavy atom. The summed E-state index contributed by atoms with van der Waals surface area (Å²) in [4.78, 5) is 12.1. The minimum absolute atomic E-state index is 0.0354. The number of anilines is 1. The fraction of sp³-hybridized carbons (Fsp3) is 0.238. The van der Waals surface area contributed by atoms with Crippen LogP contribution in [0.4, 0.5) is 10.1 Å². The molecule has 1 fully saturated rings. The van der Waals surface area contributed by atoms with Crippen molar-refractivity contribution in [3.63, 3.8) is 0 Å². The lowest BCUT2D eigenvalue weighted by atomic mass is 10.1. The smallest absolute Gasteiger partial charge is 0.248 e. The molecule has 138 valence electrons. The van der Waals surface area contributed by atoms with Crippen molar-refractivity contribution in [2.75, 3.05) is 11.9 Å². The number of carbonyl (C=O) groups is 1. The van der Waals surface area contributed by atoms with Gasteiger partial charge in [-0.1, -0.05) is 18.2 Å². The average Bonchev–Trinajstić information content (AvgIpc) is 3.10. The summed E-state index contributed by atoms with van der Waals surface area (Å²) in [7, 11) is 0. The molecule has 27 heavy (non-hydrogen) atoms. The molecule has 2 aromatic carbocycles. The Bertz CT molecular complexity index is 990. The summed E-state index contributed by atoms with van der Waals surface area (Å²) in [5, 5.41) is 8.15. The van der Waals surface area contributed by atoms with Gasteiger partial charge in [-0.3, -0.25) is 4.79 Å². The number of carbonyl (C=O) groups excluding carboxylic acids is 1. The number of halogens is 1. The summed E-state index contributed by atoms with van der Waals surface area (Å²) in [6, 6.07) is 11.7. The number of hydrogen-bond donors (Lipinski definition) is 1. The minimum atomic E-state index is -0.388. The van der Waals surface area contributed by atoms with Gasteiger partial charge in [-0.25, -0.2) is 9.07 Å². The van der Waals surface area contributed by atoms with E-state index in [2.05, 4.69) is 10.4 Å². The fourth-order valence-corrected chi connectivity index (χ4v) is 3.23. The lowest BCUT2D eigenvalue weighted by Gasteiger charge is -2.23. The van der Waals surface area contributed by atoms with Crippen LogP contribution in [0, 0.1) is 5.82 Å². The van der Waals surface area contributed by atoms with Gasteiger partial charge in [0.05, 0.1) is 11.7 Å². The van der Waals surface area contributed by atoms with Gasteiger partial charge < -0.3 is 10.1 Å². The van der Waals surface area contributed by atoms with Gasteiger partial charge in [-0.2, -0.15) is 5.10 Å². The zero-order valence-corrected chi connectivity index (χ0v) is 14.8. The molecule has 0 saturated carbocycles. The number of hydrogen-bond acceptors (Lipinski definition) is 3. The quantitative estimate of drug-likeness (QED) is 0.691. The Balaban J connectivity index is 1.51. The predicted molar refractivity (Wildman–Crippen MR) is 103 cm³/mol. The Morgan fingerprint density at radius 2 is 2.19 bits per heavy atom. The monoisotopic (exact) mass is 365 g/mol. The molecule has 1 atom stereocenters. The maximum Gasteiger partial charge on any atom is 0.248 e. The van der Waals surface area contributed by atoms with Crippen molar-refractivity contribution < 1.29 is 13.9 Å². The van der Waals surface area contributed by atoms with E-state index in [-0.39, 0.29) is 18.0 Å². The zero-order chi connectivity index (χ0) is 18.6. The normalized spacial score (nSPS) is 17.4. The topological polar surface area (TPSA) is 56.2 Å². The first-order chi connectivity index (χ1) is 13.2. The largest absolute Gasteiger partial charge is 0.356 e. The predicted octanol–water partition coefficient (Wildman–Crippen LogP) is 4.53. The van der Waals surface area contributed by atoms with Crippen LogP contribution in [0.25, 0.3) is 17.0 Å². The third-order valence-corrected chi connectivity index (χ3v) is 4.57. The molecule has 6 heteroatoms. The molecule has 1 saturated heterocycles. The molecule has 0 spiro atoms. The second-order valence-corrected chi connectivity index (χ2v) is 6.56. The van der Waals surface area contributed by atoms with Crippen molar-refractivity contribution in [1.82, 2.24) is 9.78 Å². The minimum Gasteiger partial charge on any atom is -0.356 e. The van der Waals surface area contributed by atoms with Crippen LogP contribution in [0.15, 0.2) is 54.7 Å². The molecule has 1 N–H and O–H groups in total. The molecule has 5 nitrogen and oxygen atoms in total. The van der Waals surface area contributed by atoms with E-state index in [1.807, 2.05) is 29.1 Å². The number of ether oxygens (including phenoxy) is 1. The molecule has 0 aliphatic carbocycles. The van der Waals surface area contributed by atoms with Crippen molar-refractivity contribution in [3.05, 3.63) is 66.1 Å². The highest BCUT2D eigenvalue weighted by atomic mass is 19.1. The van der Waals surface area contributed by atoms with Crippen molar-refractivity contribution in [2.24, 2.45) is 0 Å². The van der Waals surface area contributed by atoms with E-state index in [9.17, 15) is 9.18 Å². The number of nitrogens with zero attached hydrogens (tertiary/aromatic N) is 2. The van der Waals surface area contributed by atoms with E-state index in [4.69, 9.17) is 4.74 Å². The van der Waals surface area contributed by atoms with E-state index in [1.165, 1.54) is 18.2 Å². The Hall–Kier alpha value is -2.99. The van der Waals surface area contributed by atoms with Crippen molar-refractivity contribution in [1.29, 1.82) is 0 Å². The third kappa shape index (κ3) is 4.06. The van der Waals surface area contributed by atoms with Crippen LogP contribution in [0.3, 0.4) is 0 Å². The number of fused-ring (bicyclic) bond motifs is 1. The summed E-state index contributed by atoms with van der Waals surface area (Å²) >= 11 is 0. The summed E-state index contributed by atoms with van der Waals surface area (Å²) < 4.78 is 20.9. The molecular weight excluding hydrogens is 345 g/mol. The summed E-state index contributed by atoms with van der Waals surface area (Å²) in [5.74, 6) is -0.703. The number of nitrogens with one attached hydrogen (secondary N) is 1. The van der Waals surface area contributed by atoms with Crippen LogP contribution in [-0.4, -0.2) is 22.3 Å². The Morgan fingerprint density at radius 1 is 1.26 bits per heavy atom. The maximum absolute atomic E-state index is 13.2. The molecule has 1 unspecified atom stereocenters. The van der Waals surface area contributed by atoms with Gasteiger partial charge >= 0.3 is 0 Å². The average molecular weight is 365 g/mol. The third-order valence-electron chi connectivity index (χ3n) is 4.57. The lowest BCUT2D eigenvalue weighted by molar-refractivity contribution is -0.111. The van der Waals surface area contributed by atoms with Crippen molar-refractivity contribution >= 4 is 28.6 Å². The first kappa shape index (κ1) is 17.4. The second kappa shape index (κ2) is 7.72. The second-order valence-electron chi connectivity index (χ2n) is 6.56. The van der Waals surface area contributed by atoms with Crippen LogP contribution in [0.1, 0.15) is 31.1 Å². The number of aromatic nitrogens is 2. The molecule has 0 radical (unpaired) electrons. The lowest BCUT2D eigenvalue weighted by Crippen LogP contribution is -2.18. The zero-order valence-electron chi connectivity index (χ0n) is 14.8. The summed E-state index contributed by atoms with van der Waals surface area (Å²) in [6.45, 7) is 0.756. The van der Waals surface area contributed by atoms with Crippen molar-refractivity contribution in [3.8, 4) is 0 Å². The molecule has 1 aromatic heterocycles. The number of rotatable bonds is 4. The van der Waals surface area contributed by atoms with E-state index >= 15 is 0 Å². The highest BCUT2D eigenvalue weighted by Crippen LogP contribution is 2.26. The molecule has 1 aliphatic rings. The maximum atomic E-state index is 13.2. The van der Waals surface area contributed by atoms with Crippen LogP contribution >= 0.6 is 0 Å². The first-order valence-electron chi connectivity index (χ1n) is 9.02. The first-order valence-corrected chi connectivity index (χ1v) is 9.02. The van der Waals surface area contributed by atoms with E-state index in [1.54, 1.807) is 18.2 Å². The highest BCUT2D eigenvalue weighted by Gasteiger charge is 2.18. The van der Waals surface area contributed by atoms with E-state index in [0.717, 1.165) is 42.3 Å². The van der Waals surface area contributed by atoms with Crippen molar-refractivity contribution in [2.45, 2.75) is 25.5 Å². The van der Waals surface area contributed by atoms with Crippen LogP contribution in [0.5, 0.6) is 0 Å². The van der Waals surface area contributed by atoms with Gasteiger partial charge in [0, 0.05) is 23.8 Å². The van der Waals surface area contributed by atoms with Gasteiger partial charge in [-0.05, 0) is 55.2 Å². The number of amides is 1. The number of benzene rings is 2. The van der Waals surface area contributed by atoms with E-state index < -0.39 is 0 Å². The molecule has 2 heterocycles. The molecular formula is C21H20FN3O2. The summed E-state index contributed by atoms with van der Waals surface area (Å²) in [5.41, 5.74) is 2.29. The van der Waals surface area contributed by atoms with Crippen LogP contribution in [-0.2, 0) is 9.53 Å².